The summed E-state index contributed by atoms with van der Waals surface area (Å²) in [5.74, 6) is -1.96. The first-order chi connectivity index (χ1) is 15.5. The van der Waals surface area contributed by atoms with E-state index < -0.39 is 17.6 Å². The largest absolute Gasteiger partial charge is 0.423 e. The van der Waals surface area contributed by atoms with Crippen LogP contribution in [0.2, 0.25) is 0 Å². The summed E-state index contributed by atoms with van der Waals surface area (Å²) in [4.78, 5) is 15.9. The van der Waals surface area contributed by atoms with Crippen LogP contribution >= 0.6 is 12.2 Å². The minimum atomic E-state index is -0.774. The van der Waals surface area contributed by atoms with Gasteiger partial charge in [0, 0.05) is 6.07 Å². The van der Waals surface area contributed by atoms with E-state index in [1.54, 1.807) is 6.07 Å². The van der Waals surface area contributed by atoms with Gasteiger partial charge in [0.15, 0.2) is 5.82 Å². The van der Waals surface area contributed by atoms with Crippen molar-refractivity contribution < 1.29 is 18.3 Å². The lowest BCUT2D eigenvalue weighted by molar-refractivity contribution is 0.0734. The number of hydrogen-bond donors (Lipinski definition) is 0. The highest BCUT2D eigenvalue weighted by Crippen LogP contribution is 2.24. The Balaban J connectivity index is 1.61. The Bertz CT molecular complexity index is 1140. The molecule has 3 rings (SSSR count). The lowest BCUT2D eigenvalue weighted by atomic mass is 10.0. The average molecular weight is 452 g/mol. The van der Waals surface area contributed by atoms with Crippen LogP contribution in [0.5, 0.6) is 5.75 Å². The summed E-state index contributed by atoms with van der Waals surface area (Å²) >= 11 is 4.44. The van der Waals surface area contributed by atoms with Gasteiger partial charge < -0.3 is 4.74 Å². The molecule has 0 fully saturated rings. The number of carbonyl (C=O) groups is 1. The molecule has 0 aliphatic rings. The zero-order chi connectivity index (χ0) is 22.9. The molecule has 0 aromatic heterocycles. The van der Waals surface area contributed by atoms with E-state index in [0.717, 1.165) is 30.5 Å². The number of unbranched alkanes of at least 4 members (excludes halogenated alkanes) is 1. The number of aliphatic imine (C=N–C) groups is 1. The Morgan fingerprint density at radius 2 is 1.66 bits per heavy atom. The zero-order valence-corrected chi connectivity index (χ0v) is 18.6. The maximum atomic E-state index is 14.6. The minimum absolute atomic E-state index is 0.00852. The van der Waals surface area contributed by atoms with Crippen molar-refractivity contribution in [3.05, 3.63) is 94.6 Å². The van der Waals surface area contributed by atoms with Crippen LogP contribution in [-0.2, 0) is 19.3 Å². The van der Waals surface area contributed by atoms with Crippen LogP contribution < -0.4 is 4.74 Å². The summed E-state index contributed by atoms with van der Waals surface area (Å²) in [5.41, 5.74) is 3.01. The number of rotatable bonds is 9. The molecule has 164 valence electrons. The molecule has 0 saturated carbocycles. The maximum Gasteiger partial charge on any atom is 0.343 e. The molecule has 0 aliphatic heterocycles. The van der Waals surface area contributed by atoms with Gasteiger partial charge in [0.25, 0.3) is 0 Å². The molecule has 0 amide bonds. The van der Waals surface area contributed by atoms with Crippen LogP contribution in [0.25, 0.3) is 0 Å². The van der Waals surface area contributed by atoms with Crippen LogP contribution in [0.3, 0.4) is 0 Å². The van der Waals surface area contributed by atoms with Crippen molar-refractivity contribution >= 4 is 29.0 Å². The first-order valence-electron chi connectivity index (χ1n) is 10.5. The molecule has 3 aromatic carbocycles. The molecule has 3 aromatic rings. The zero-order valence-electron chi connectivity index (χ0n) is 17.7. The lowest BCUT2D eigenvalue weighted by Gasteiger charge is -2.08. The van der Waals surface area contributed by atoms with Crippen molar-refractivity contribution in [2.24, 2.45) is 4.99 Å². The molecular formula is C26H23F2NO2S. The quantitative estimate of drug-likeness (QED) is 0.151. The van der Waals surface area contributed by atoms with Crippen molar-refractivity contribution in [3.8, 4) is 5.75 Å². The predicted molar refractivity (Wildman–Crippen MR) is 125 cm³/mol. The van der Waals surface area contributed by atoms with E-state index >= 15 is 0 Å². The number of esters is 1. The first-order valence-corrected chi connectivity index (χ1v) is 10.9. The van der Waals surface area contributed by atoms with Gasteiger partial charge in [-0.2, -0.15) is 4.99 Å². The maximum absolute atomic E-state index is 14.6. The molecule has 0 atom stereocenters. The summed E-state index contributed by atoms with van der Waals surface area (Å²) in [6.45, 7) is 2.17. The molecule has 0 saturated heterocycles. The molecule has 0 heterocycles. The summed E-state index contributed by atoms with van der Waals surface area (Å²) in [5, 5.41) is 2.07. The van der Waals surface area contributed by atoms with E-state index in [9.17, 15) is 13.6 Å². The second-order valence-corrected chi connectivity index (χ2v) is 7.61. The van der Waals surface area contributed by atoms with Crippen LogP contribution in [0.1, 0.15) is 46.8 Å². The fraction of sp³-hybridized carbons (Fsp3) is 0.231. The van der Waals surface area contributed by atoms with Gasteiger partial charge in [-0.05, 0) is 78.9 Å². The van der Waals surface area contributed by atoms with Crippen molar-refractivity contribution in [2.45, 2.75) is 39.0 Å². The van der Waals surface area contributed by atoms with Crippen molar-refractivity contribution in [2.75, 3.05) is 0 Å². The first kappa shape index (κ1) is 23.5. The van der Waals surface area contributed by atoms with Gasteiger partial charge in [-0.15, -0.1) is 0 Å². The molecule has 6 heteroatoms. The monoisotopic (exact) mass is 451 g/mol. The van der Waals surface area contributed by atoms with Gasteiger partial charge in [-0.25, -0.2) is 13.6 Å². The number of isothiocyanates is 1. The topological polar surface area (TPSA) is 38.7 Å². The van der Waals surface area contributed by atoms with E-state index in [1.807, 2.05) is 0 Å². The van der Waals surface area contributed by atoms with Crippen LogP contribution in [0, 0.1) is 11.6 Å². The fourth-order valence-electron chi connectivity index (χ4n) is 3.27. The third-order valence-corrected chi connectivity index (χ3v) is 5.20. The Kier molecular flexibility index (Phi) is 8.37. The van der Waals surface area contributed by atoms with E-state index in [1.165, 1.54) is 30.2 Å². The van der Waals surface area contributed by atoms with Crippen LogP contribution in [-0.4, -0.2) is 11.1 Å². The highest BCUT2D eigenvalue weighted by Gasteiger charge is 2.13. The number of nitrogens with zero attached hydrogens (tertiary/aromatic N) is 1. The molecule has 0 bridgehead atoms. The van der Waals surface area contributed by atoms with E-state index in [4.69, 9.17) is 4.74 Å². The molecule has 0 aliphatic carbocycles. The second-order valence-electron chi connectivity index (χ2n) is 7.43. The number of ether oxygens (including phenoxy) is 1. The third-order valence-electron chi connectivity index (χ3n) is 5.11. The highest BCUT2D eigenvalue weighted by molar-refractivity contribution is 7.78. The highest BCUT2D eigenvalue weighted by atomic mass is 32.1. The van der Waals surface area contributed by atoms with Gasteiger partial charge in [0.2, 0.25) is 0 Å². The molecule has 3 nitrogen and oxygen atoms in total. The molecule has 0 unspecified atom stereocenters. The Morgan fingerprint density at radius 3 is 2.28 bits per heavy atom. The normalized spacial score (nSPS) is 10.5. The number of aryl methyl sites for hydroxylation is 3. The van der Waals surface area contributed by atoms with Crippen molar-refractivity contribution in [1.29, 1.82) is 0 Å². The van der Waals surface area contributed by atoms with Crippen molar-refractivity contribution in [1.82, 2.24) is 0 Å². The Morgan fingerprint density at radius 1 is 0.938 bits per heavy atom. The Labute approximate surface area is 191 Å². The van der Waals surface area contributed by atoms with Crippen molar-refractivity contribution in [3.63, 3.8) is 0 Å². The molecule has 32 heavy (non-hydrogen) atoms. The molecule has 0 N–H and O–H groups in total. The average Bonchev–Trinajstić information content (AvgIpc) is 2.79. The van der Waals surface area contributed by atoms with E-state index in [-0.39, 0.29) is 17.0 Å². The van der Waals surface area contributed by atoms with Gasteiger partial charge in [0.05, 0.1) is 10.7 Å². The standard InChI is InChI=1S/C26H23F2NO2S/c1-2-3-4-18-5-7-19(8-6-18)9-10-20-11-12-21(15-23(20)27)26(30)31-22-13-14-25(29-17-32)24(28)16-22/h5-8,11-16H,2-4,9-10H2,1H3. The number of carbonyl (C=O) groups excluding carboxylic acids is 1. The number of hydrogen-bond acceptors (Lipinski definition) is 4. The molecular weight excluding hydrogens is 428 g/mol. The number of halogens is 2. The summed E-state index contributed by atoms with van der Waals surface area (Å²) < 4.78 is 33.6. The fourth-order valence-corrected chi connectivity index (χ4v) is 3.36. The minimum Gasteiger partial charge on any atom is -0.423 e. The Hall–Kier alpha value is -3.21. The van der Waals surface area contributed by atoms with Gasteiger partial charge in [0.1, 0.15) is 17.3 Å². The van der Waals surface area contributed by atoms with Gasteiger partial charge in [-0.3, -0.25) is 0 Å². The summed E-state index contributed by atoms with van der Waals surface area (Å²) in [6, 6.07) is 16.4. The SMILES string of the molecule is CCCCc1ccc(CCc2ccc(C(=O)Oc3ccc(N=C=S)c(F)c3)cc2F)cc1. The third kappa shape index (κ3) is 6.39. The molecule has 0 radical (unpaired) electrons. The summed E-state index contributed by atoms with van der Waals surface area (Å²) in [7, 11) is 0. The molecule has 0 spiro atoms. The smallest absolute Gasteiger partial charge is 0.343 e. The second kappa shape index (κ2) is 11.4. The predicted octanol–water partition coefficient (Wildman–Crippen LogP) is 7.05. The number of thiocarbonyl (C=S) groups is 1. The van der Waals surface area contributed by atoms with E-state index in [2.05, 4.69) is 53.6 Å². The van der Waals surface area contributed by atoms with Gasteiger partial charge in [-0.1, -0.05) is 43.7 Å². The van der Waals surface area contributed by atoms with Crippen LogP contribution in [0.15, 0.2) is 65.7 Å². The van der Waals surface area contributed by atoms with E-state index in [0.29, 0.717) is 18.4 Å². The summed E-state index contributed by atoms with van der Waals surface area (Å²) in [6.07, 6.45) is 4.62. The van der Waals surface area contributed by atoms with Crippen LogP contribution in [0.4, 0.5) is 14.5 Å². The number of benzene rings is 3. The van der Waals surface area contributed by atoms with Gasteiger partial charge >= 0.3 is 5.97 Å². The lowest BCUT2D eigenvalue weighted by Crippen LogP contribution is -2.09.